The lowest BCUT2D eigenvalue weighted by atomic mass is 9.41. The molecule has 30 fully saturated rings. The van der Waals surface area contributed by atoms with Crippen molar-refractivity contribution in [2.75, 3.05) is 0 Å². The molecule has 0 N–H and O–H groups in total. The Balaban J connectivity index is 0.000000109. The van der Waals surface area contributed by atoms with Crippen molar-refractivity contribution in [1.29, 1.82) is 0 Å². The van der Waals surface area contributed by atoms with Crippen molar-refractivity contribution in [3.63, 3.8) is 0 Å². The summed E-state index contributed by atoms with van der Waals surface area (Å²) in [5.41, 5.74) is 4.09. The summed E-state index contributed by atoms with van der Waals surface area (Å²) in [6.45, 7) is 64.6. The van der Waals surface area contributed by atoms with Gasteiger partial charge in [0, 0.05) is 118 Å². The summed E-state index contributed by atoms with van der Waals surface area (Å²) < 4.78 is 38.6. The van der Waals surface area contributed by atoms with Gasteiger partial charge in [-0.3, -0.25) is 0 Å². The van der Waals surface area contributed by atoms with E-state index in [1.807, 2.05) is 0 Å². The molecule has 0 aliphatic heterocycles. The molecular formula is C132H204O12. The molecule has 0 aromatic heterocycles. The first-order valence-electron chi connectivity index (χ1n) is 61.2. The molecule has 804 valence electrons. The number of carbonyl (C=O) groups excluding carboxylic acids is 6. The van der Waals surface area contributed by atoms with Gasteiger partial charge in [-0.1, -0.05) is 208 Å². The zero-order valence-electron chi connectivity index (χ0n) is 94.5. The molecule has 20 atom stereocenters. The van der Waals surface area contributed by atoms with Gasteiger partial charge in [-0.2, -0.15) is 0 Å². The predicted molar refractivity (Wildman–Crippen MR) is 578 cm³/mol. The van der Waals surface area contributed by atoms with Gasteiger partial charge in [0.15, 0.2) is 0 Å². The Hall–Kier alpha value is -4.74. The average molecular weight is 1980 g/mol. The van der Waals surface area contributed by atoms with Gasteiger partial charge in [0.1, 0.15) is 33.6 Å². The minimum absolute atomic E-state index is 0.133. The molecule has 0 aromatic rings. The first-order chi connectivity index (χ1) is 68.0. The topological polar surface area (TPSA) is 158 Å². The monoisotopic (exact) mass is 1980 g/mol. The first-order valence-corrected chi connectivity index (χ1v) is 61.2. The molecule has 20 unspecified atom stereocenters. The van der Waals surface area contributed by atoms with Crippen LogP contribution in [0.5, 0.6) is 0 Å². The molecule has 0 aromatic carbocycles. The van der Waals surface area contributed by atoms with Gasteiger partial charge in [-0.05, 0) is 429 Å². The number of hydrogen-bond acceptors (Lipinski definition) is 12. The van der Waals surface area contributed by atoms with Crippen molar-refractivity contribution in [2.24, 2.45) is 221 Å². The zero-order chi connectivity index (χ0) is 103. The minimum atomic E-state index is -0.208. The summed E-state index contributed by atoms with van der Waals surface area (Å²) in [4.78, 5) is 74.9. The highest BCUT2D eigenvalue weighted by Gasteiger charge is 2.74. The van der Waals surface area contributed by atoms with Crippen LogP contribution in [0.4, 0.5) is 0 Å². The van der Waals surface area contributed by atoms with Gasteiger partial charge in [0.25, 0.3) is 0 Å². The largest absolute Gasteiger partial charge is 0.455 e. The van der Waals surface area contributed by atoms with E-state index in [1.54, 1.807) is 20.8 Å². The maximum Gasteiger partial charge on any atom is 0.333 e. The van der Waals surface area contributed by atoms with E-state index in [0.717, 1.165) is 65.1 Å². The Morgan fingerprint density at radius 3 is 0.708 bits per heavy atom. The molecule has 30 aliphatic carbocycles. The van der Waals surface area contributed by atoms with Crippen LogP contribution in [0.2, 0.25) is 0 Å². The maximum atomic E-state index is 12.7. The third-order valence-electron chi connectivity index (χ3n) is 49.2. The van der Waals surface area contributed by atoms with Crippen LogP contribution in [-0.2, 0) is 57.2 Å². The fourth-order valence-corrected chi connectivity index (χ4v) is 44.7. The number of rotatable bonds is 18. The highest BCUT2D eigenvalue weighted by Crippen LogP contribution is 2.76. The van der Waals surface area contributed by atoms with Crippen molar-refractivity contribution in [3.8, 4) is 0 Å². The molecular weight excluding hydrogens is 1780 g/mol. The van der Waals surface area contributed by atoms with E-state index in [9.17, 15) is 28.8 Å². The average Bonchev–Trinajstić information content (AvgIpc) is 0.668. The lowest BCUT2D eigenvalue weighted by molar-refractivity contribution is -0.251. The molecule has 30 saturated carbocycles. The van der Waals surface area contributed by atoms with E-state index in [4.69, 9.17) is 28.4 Å². The Bertz CT molecular complexity index is 4640. The molecule has 0 saturated heterocycles. The van der Waals surface area contributed by atoms with Crippen LogP contribution < -0.4 is 0 Å². The second kappa shape index (κ2) is 40.3. The van der Waals surface area contributed by atoms with Gasteiger partial charge >= 0.3 is 35.8 Å². The molecule has 0 amide bonds. The van der Waals surface area contributed by atoms with Crippen molar-refractivity contribution in [2.45, 2.75) is 492 Å². The lowest BCUT2D eigenvalue weighted by Gasteiger charge is -2.67. The van der Waals surface area contributed by atoms with Crippen LogP contribution in [0.25, 0.3) is 0 Å². The fraction of sp³-hybridized carbons (Fsp3) is 0.864. The van der Waals surface area contributed by atoms with Crippen LogP contribution in [0.1, 0.15) is 459 Å². The summed E-state index contributed by atoms with van der Waals surface area (Å²) in [5, 5.41) is 0. The second-order valence-electron chi connectivity index (χ2n) is 61.0. The van der Waals surface area contributed by atoms with Gasteiger partial charge in [0.05, 0.1) is 0 Å². The van der Waals surface area contributed by atoms with Crippen LogP contribution in [-0.4, -0.2) is 69.4 Å². The highest BCUT2D eigenvalue weighted by atomic mass is 16.6. The summed E-state index contributed by atoms with van der Waals surface area (Å²) in [6, 6.07) is 0. The Kier molecular flexibility index (Phi) is 30.1. The summed E-state index contributed by atoms with van der Waals surface area (Å²) in [5.74, 6) is 20.0. The molecule has 30 aliphatic rings. The summed E-state index contributed by atoms with van der Waals surface area (Å²) in [6.07, 6.45) is 71.4. The number of carbonyl (C=O) groups is 6. The number of hydrogen-bond donors (Lipinski definition) is 0. The van der Waals surface area contributed by atoms with Gasteiger partial charge < -0.3 is 28.4 Å². The Morgan fingerprint density at radius 2 is 0.458 bits per heavy atom. The SMILES string of the molecule is C=C(C)C(=O)OC1(C2CCC(C)(C)CC2)C2CC3CC1CC(C)(C3)C2.C=C(C)C(=O)OC1(C2CCC(C)CC2)C2CC3CC1CC(C)(C3)C2.C=C(C)C(=O)OC1(C2CCCC(C)C2C)C2CC3CC1CC(C)(C3)C2.C=CC(=O)OC1(C2CCC(C)CC2)C2CC3CC1CC(C)(C3)C2.C=CC(=O)OC1(C2CCCC(C)C2)C2CC3CC1CC(C)(C3)C2.C=CC(=O)OC1(C2CCCC(C)C2C)C2CC3CC1CC(C)(C3)C2. The van der Waals surface area contributed by atoms with Crippen molar-refractivity contribution < 1.29 is 57.2 Å². The number of esters is 6. The molecule has 0 heterocycles. The first kappa shape index (κ1) is 108. The molecule has 0 spiro atoms. The van der Waals surface area contributed by atoms with Crippen molar-refractivity contribution in [3.05, 3.63) is 74.4 Å². The Labute approximate surface area is 875 Å². The van der Waals surface area contributed by atoms with Crippen molar-refractivity contribution >= 4 is 35.8 Å². The van der Waals surface area contributed by atoms with Gasteiger partial charge in [0.2, 0.25) is 0 Å². The molecule has 24 bridgehead atoms. The third-order valence-corrected chi connectivity index (χ3v) is 49.2. The molecule has 12 heteroatoms. The van der Waals surface area contributed by atoms with E-state index in [0.29, 0.717) is 173 Å². The summed E-state index contributed by atoms with van der Waals surface area (Å²) in [7, 11) is 0. The fourth-order valence-electron chi connectivity index (χ4n) is 44.7. The third kappa shape index (κ3) is 19.7. The van der Waals surface area contributed by atoms with Crippen molar-refractivity contribution in [1.82, 2.24) is 0 Å². The molecule has 0 radical (unpaired) electrons. The van der Waals surface area contributed by atoms with E-state index < -0.39 is 0 Å². The van der Waals surface area contributed by atoms with Crippen LogP contribution in [0.15, 0.2) is 74.4 Å². The van der Waals surface area contributed by atoms with E-state index >= 15 is 0 Å². The van der Waals surface area contributed by atoms with E-state index in [-0.39, 0.29) is 69.4 Å². The quantitative estimate of drug-likeness (QED) is 0.0728. The van der Waals surface area contributed by atoms with Gasteiger partial charge in [-0.25, -0.2) is 28.8 Å². The standard InChI is InChI=1S/2C23H36O2.2C22H34O2.2C21H32O2/c1-15(2)20(24)25-23(17-6-8-21(3,4)9-7-17)18-10-16-11-19(23)14-22(5,12-16)13-18;1-14(2)21(24)25-23(20-8-6-7-15(3)16(20)4)18-9-17-10-19(23)13-22(5,11-17)12-18;1-14(2)20(23)24-22(17-7-5-15(3)6-8-17)18-9-16-10-19(22)13-21(4,11-16)12-18;1-5-20(23)24-22(19-8-6-7-14(2)15(19)3)17-9-16-10-18(22)13-21(4,11-16)12-17;1-4-19(22)23-21(16-7-5-14(2)6-8-16)17-9-15-10-18(21)13-20(3,11-15)12-17;1-4-19(22)23-21(16-7-5-6-14(2)8-16)17-9-15-10-18(21)13-20(3,11-15)12-17/h16-19H,1,6-14H2,2-5H3;15-20H,1,6-13H2,2-5H3;15-19H,1,5-13H2,2-4H3;5,14-19H,1,6-13H2,2-4H3;2*4,14-18H,1,5-13H2,2-3H3. The second-order valence-corrected chi connectivity index (χ2v) is 61.0. The normalized spacial score (nSPS) is 50.4. The molecule has 144 heavy (non-hydrogen) atoms. The smallest absolute Gasteiger partial charge is 0.333 e. The zero-order valence-corrected chi connectivity index (χ0v) is 94.5. The van der Waals surface area contributed by atoms with Gasteiger partial charge in [-0.15, -0.1) is 0 Å². The molecule has 12 nitrogen and oxygen atoms in total. The minimum Gasteiger partial charge on any atom is -0.455 e. The lowest BCUT2D eigenvalue weighted by Crippen LogP contribution is -2.66. The van der Waals surface area contributed by atoms with E-state index in [1.165, 1.54) is 352 Å². The predicted octanol–water partition coefficient (Wildman–Crippen LogP) is 32.8. The van der Waals surface area contributed by atoms with Crippen LogP contribution in [0.3, 0.4) is 0 Å². The van der Waals surface area contributed by atoms with Crippen LogP contribution in [0, 0.1) is 221 Å². The highest BCUT2D eigenvalue weighted by molar-refractivity contribution is 5.88. The summed E-state index contributed by atoms with van der Waals surface area (Å²) >= 11 is 0. The van der Waals surface area contributed by atoms with E-state index in [2.05, 4.69) is 143 Å². The van der Waals surface area contributed by atoms with Crippen LogP contribution >= 0.6 is 0 Å². The maximum absolute atomic E-state index is 12.7. The number of ether oxygens (including phenoxy) is 6. The molecule has 30 rings (SSSR count). The Morgan fingerprint density at radius 1 is 0.236 bits per heavy atom.